The molecule has 0 bridgehead atoms. The van der Waals surface area contributed by atoms with Gasteiger partial charge in [0.15, 0.2) is 0 Å². The minimum Gasteiger partial charge on any atom is -0.346 e. The number of likely N-dealkylation sites (N-methyl/N-ethyl adjacent to an activating group) is 1. The van der Waals surface area contributed by atoms with Crippen molar-refractivity contribution >= 4 is 22.6 Å². The van der Waals surface area contributed by atoms with E-state index in [1.54, 1.807) is 18.3 Å². The highest BCUT2D eigenvalue weighted by atomic mass is 19.1. The predicted octanol–water partition coefficient (Wildman–Crippen LogP) is 5.49. The van der Waals surface area contributed by atoms with Crippen LogP contribution in [0.1, 0.15) is 5.56 Å². The molecule has 1 amide bonds. The number of carbonyl (C=O) groups excluding carboxylic acids is 1. The molecule has 0 aliphatic rings. The minimum absolute atomic E-state index is 0.195. The summed E-state index contributed by atoms with van der Waals surface area (Å²) >= 11 is 0. The lowest BCUT2D eigenvalue weighted by Crippen LogP contribution is -2.24. The molecule has 1 N–H and O–H groups in total. The molecule has 0 unspecified atom stereocenters. The molecule has 0 spiro atoms. The number of rotatable bonds is 4. The van der Waals surface area contributed by atoms with Crippen LogP contribution < -0.4 is 4.90 Å². The standard InChI is InChI=1S/C24H20FN3O/c1-4-23(29)28(3)22-12-16(8-9-21(22)25)18-11-19-20(14-27-24(19)26-13-18)17-7-5-6-15(2)10-17/h4-14H,1H2,2-3H3,(H,26,27). The van der Waals surface area contributed by atoms with Gasteiger partial charge in [-0.2, -0.15) is 0 Å². The van der Waals surface area contributed by atoms with Gasteiger partial charge < -0.3 is 9.88 Å². The van der Waals surface area contributed by atoms with Crippen LogP contribution in [0.25, 0.3) is 33.3 Å². The zero-order valence-electron chi connectivity index (χ0n) is 16.2. The van der Waals surface area contributed by atoms with Gasteiger partial charge in [0, 0.05) is 36.0 Å². The van der Waals surface area contributed by atoms with Crippen molar-refractivity contribution in [1.29, 1.82) is 0 Å². The van der Waals surface area contributed by atoms with Crippen molar-refractivity contribution in [2.75, 3.05) is 11.9 Å². The molecule has 2 aromatic heterocycles. The Morgan fingerprint density at radius 2 is 1.97 bits per heavy atom. The maximum atomic E-state index is 14.3. The van der Waals surface area contributed by atoms with Crippen LogP contribution in [0, 0.1) is 12.7 Å². The summed E-state index contributed by atoms with van der Waals surface area (Å²) in [5.41, 5.74) is 5.93. The summed E-state index contributed by atoms with van der Waals surface area (Å²) in [6, 6.07) is 15.0. The molecule has 0 aliphatic carbocycles. The van der Waals surface area contributed by atoms with Gasteiger partial charge in [0.05, 0.1) is 5.69 Å². The predicted molar refractivity (Wildman–Crippen MR) is 115 cm³/mol. The molecule has 29 heavy (non-hydrogen) atoms. The molecule has 0 radical (unpaired) electrons. The topological polar surface area (TPSA) is 49.0 Å². The fourth-order valence-corrected chi connectivity index (χ4v) is 3.42. The van der Waals surface area contributed by atoms with E-state index in [9.17, 15) is 9.18 Å². The molecule has 2 aromatic carbocycles. The van der Waals surface area contributed by atoms with Gasteiger partial charge in [-0.1, -0.05) is 42.5 Å². The van der Waals surface area contributed by atoms with Gasteiger partial charge in [-0.15, -0.1) is 0 Å². The van der Waals surface area contributed by atoms with Crippen LogP contribution in [0.2, 0.25) is 0 Å². The monoisotopic (exact) mass is 385 g/mol. The second-order valence-electron chi connectivity index (χ2n) is 6.96. The summed E-state index contributed by atoms with van der Waals surface area (Å²) in [7, 11) is 1.52. The van der Waals surface area contributed by atoms with E-state index >= 15 is 0 Å². The normalized spacial score (nSPS) is 10.9. The molecule has 0 fully saturated rings. The first-order valence-electron chi connectivity index (χ1n) is 9.22. The lowest BCUT2D eigenvalue weighted by atomic mass is 10.0. The van der Waals surface area contributed by atoms with Crippen molar-refractivity contribution < 1.29 is 9.18 Å². The van der Waals surface area contributed by atoms with Crippen molar-refractivity contribution in [2.24, 2.45) is 0 Å². The Bertz CT molecular complexity index is 1240. The molecule has 144 valence electrons. The number of fused-ring (bicyclic) bond motifs is 1. The zero-order chi connectivity index (χ0) is 20.5. The Balaban J connectivity index is 1.82. The number of anilines is 1. The fraction of sp³-hybridized carbons (Fsp3) is 0.0833. The van der Waals surface area contributed by atoms with Gasteiger partial charge in [0.1, 0.15) is 11.5 Å². The summed E-state index contributed by atoms with van der Waals surface area (Å²) in [5, 5.41) is 0.981. The van der Waals surface area contributed by atoms with Crippen LogP contribution in [0.4, 0.5) is 10.1 Å². The van der Waals surface area contributed by atoms with Gasteiger partial charge in [-0.05, 0) is 42.3 Å². The van der Waals surface area contributed by atoms with E-state index in [0.29, 0.717) is 0 Å². The van der Waals surface area contributed by atoms with Crippen molar-refractivity contribution in [3.8, 4) is 22.3 Å². The van der Waals surface area contributed by atoms with Gasteiger partial charge >= 0.3 is 0 Å². The third-order valence-corrected chi connectivity index (χ3v) is 5.01. The first-order valence-corrected chi connectivity index (χ1v) is 9.22. The summed E-state index contributed by atoms with van der Waals surface area (Å²) in [4.78, 5) is 20.9. The fourth-order valence-electron chi connectivity index (χ4n) is 3.42. The Morgan fingerprint density at radius 1 is 1.14 bits per heavy atom. The van der Waals surface area contributed by atoms with Crippen LogP contribution in [0.5, 0.6) is 0 Å². The quantitative estimate of drug-likeness (QED) is 0.472. The van der Waals surface area contributed by atoms with Crippen LogP contribution in [0.15, 0.2) is 73.6 Å². The highest BCUT2D eigenvalue weighted by molar-refractivity contribution is 6.01. The molecule has 4 aromatic rings. The van der Waals surface area contributed by atoms with Gasteiger partial charge in [0.25, 0.3) is 0 Å². The van der Waals surface area contributed by atoms with Crippen molar-refractivity contribution in [2.45, 2.75) is 6.92 Å². The second-order valence-corrected chi connectivity index (χ2v) is 6.96. The molecule has 5 heteroatoms. The SMILES string of the molecule is C=CC(=O)N(C)c1cc(-c2cnc3[nH]cc(-c4cccc(C)c4)c3c2)ccc1F. The number of benzene rings is 2. The van der Waals surface area contributed by atoms with Crippen LogP contribution >= 0.6 is 0 Å². The summed E-state index contributed by atoms with van der Waals surface area (Å²) in [6.07, 6.45) is 4.85. The molecule has 4 nitrogen and oxygen atoms in total. The molecule has 0 aliphatic heterocycles. The summed E-state index contributed by atoms with van der Waals surface area (Å²) in [5.74, 6) is -0.843. The first kappa shape index (κ1) is 18.6. The third-order valence-electron chi connectivity index (χ3n) is 5.01. The highest BCUT2D eigenvalue weighted by Gasteiger charge is 2.15. The number of nitrogens with zero attached hydrogens (tertiary/aromatic N) is 2. The second kappa shape index (κ2) is 7.36. The molecule has 0 saturated carbocycles. The number of pyridine rings is 1. The number of carbonyl (C=O) groups is 1. The van der Waals surface area contributed by atoms with E-state index in [1.807, 2.05) is 18.3 Å². The average Bonchev–Trinajstić information content (AvgIpc) is 3.16. The number of aromatic nitrogens is 2. The largest absolute Gasteiger partial charge is 0.346 e. The number of nitrogens with one attached hydrogen (secondary N) is 1. The smallest absolute Gasteiger partial charge is 0.250 e. The van der Waals surface area contributed by atoms with E-state index in [1.165, 1.54) is 23.6 Å². The minimum atomic E-state index is -0.470. The number of amides is 1. The summed E-state index contributed by atoms with van der Waals surface area (Å²) in [6.45, 7) is 5.52. The Hall–Kier alpha value is -3.73. The maximum absolute atomic E-state index is 14.3. The Morgan fingerprint density at radius 3 is 2.72 bits per heavy atom. The molecular weight excluding hydrogens is 365 g/mol. The lowest BCUT2D eigenvalue weighted by Gasteiger charge is -2.17. The first-order chi connectivity index (χ1) is 14.0. The van der Waals surface area contributed by atoms with Crippen LogP contribution in [-0.4, -0.2) is 22.9 Å². The van der Waals surface area contributed by atoms with E-state index in [0.717, 1.165) is 39.4 Å². The molecule has 0 saturated heterocycles. The van der Waals surface area contributed by atoms with E-state index in [-0.39, 0.29) is 11.6 Å². The van der Waals surface area contributed by atoms with Gasteiger partial charge in [-0.25, -0.2) is 9.37 Å². The summed E-state index contributed by atoms with van der Waals surface area (Å²) < 4.78 is 14.3. The van der Waals surface area contributed by atoms with Gasteiger partial charge in [0.2, 0.25) is 5.91 Å². The number of H-pyrrole nitrogens is 1. The number of aromatic amines is 1. The highest BCUT2D eigenvalue weighted by Crippen LogP contribution is 2.33. The zero-order valence-corrected chi connectivity index (χ0v) is 16.2. The van der Waals surface area contributed by atoms with Crippen molar-refractivity contribution in [3.05, 3.63) is 85.0 Å². The van der Waals surface area contributed by atoms with Crippen molar-refractivity contribution in [1.82, 2.24) is 9.97 Å². The van der Waals surface area contributed by atoms with Crippen molar-refractivity contribution in [3.63, 3.8) is 0 Å². The van der Waals surface area contributed by atoms with E-state index < -0.39 is 5.82 Å². The van der Waals surface area contributed by atoms with Crippen LogP contribution in [0.3, 0.4) is 0 Å². The Labute approximate surface area is 168 Å². The Kier molecular flexibility index (Phi) is 4.72. The molecule has 2 heterocycles. The van der Waals surface area contributed by atoms with Crippen LogP contribution in [-0.2, 0) is 4.79 Å². The number of aryl methyl sites for hydroxylation is 1. The maximum Gasteiger partial charge on any atom is 0.250 e. The number of hydrogen-bond acceptors (Lipinski definition) is 2. The molecule has 0 atom stereocenters. The average molecular weight is 385 g/mol. The molecular formula is C24H20FN3O. The number of halogens is 1. The van der Waals surface area contributed by atoms with Gasteiger partial charge in [-0.3, -0.25) is 4.79 Å². The van der Waals surface area contributed by atoms with E-state index in [4.69, 9.17) is 0 Å². The third kappa shape index (κ3) is 3.43. The van der Waals surface area contributed by atoms with E-state index in [2.05, 4.69) is 41.7 Å². The molecule has 4 rings (SSSR count). The lowest BCUT2D eigenvalue weighted by molar-refractivity contribution is -0.113. The number of hydrogen-bond donors (Lipinski definition) is 1.